The van der Waals surface area contributed by atoms with Gasteiger partial charge in [-0.2, -0.15) is 0 Å². The molecule has 0 aromatic heterocycles. The molecule has 3 heteroatoms. The van der Waals surface area contributed by atoms with Gasteiger partial charge in [-0.3, -0.25) is 4.90 Å². The van der Waals surface area contributed by atoms with Crippen LogP contribution in [0.2, 0.25) is 0 Å². The van der Waals surface area contributed by atoms with E-state index in [1.807, 2.05) is 0 Å². The van der Waals surface area contributed by atoms with Crippen molar-refractivity contribution in [2.45, 2.75) is 32.4 Å². The maximum Gasteiger partial charge on any atom is 0.0634 e. The van der Waals surface area contributed by atoms with Gasteiger partial charge in [0.2, 0.25) is 0 Å². The second-order valence-corrected chi connectivity index (χ2v) is 3.69. The predicted molar refractivity (Wildman–Crippen MR) is 51.8 cm³/mol. The zero-order valence-electron chi connectivity index (χ0n) is 7.92. The van der Waals surface area contributed by atoms with Gasteiger partial charge < -0.3 is 4.74 Å². The van der Waals surface area contributed by atoms with Crippen LogP contribution in [0.5, 0.6) is 0 Å². The summed E-state index contributed by atoms with van der Waals surface area (Å²) >= 11 is 5.85. The minimum atomic E-state index is 0.426. The highest BCUT2D eigenvalue weighted by atomic mass is 35.5. The summed E-state index contributed by atoms with van der Waals surface area (Å²) in [6, 6.07) is 1.06. The first kappa shape index (κ1) is 10.3. The molecule has 1 saturated heterocycles. The zero-order valence-corrected chi connectivity index (χ0v) is 8.68. The van der Waals surface area contributed by atoms with Gasteiger partial charge in [0, 0.05) is 24.5 Å². The topological polar surface area (TPSA) is 12.5 Å². The fraction of sp³-hybridized carbons (Fsp3) is 1.00. The summed E-state index contributed by atoms with van der Waals surface area (Å²) in [5.41, 5.74) is 0. The Labute approximate surface area is 79.8 Å². The Morgan fingerprint density at radius 2 is 2.42 bits per heavy atom. The fourth-order valence-electron chi connectivity index (χ4n) is 1.62. The molecule has 0 bridgehead atoms. The second-order valence-electron chi connectivity index (χ2n) is 3.38. The average Bonchev–Trinajstić information content (AvgIpc) is 2.16. The van der Waals surface area contributed by atoms with E-state index in [0.717, 1.165) is 19.8 Å². The lowest BCUT2D eigenvalue weighted by atomic mass is 10.1. The van der Waals surface area contributed by atoms with Gasteiger partial charge in [-0.1, -0.05) is 6.92 Å². The molecule has 0 radical (unpaired) electrons. The molecule has 0 saturated carbocycles. The number of hydrogen-bond acceptors (Lipinski definition) is 2. The Morgan fingerprint density at radius 1 is 1.67 bits per heavy atom. The molecule has 12 heavy (non-hydrogen) atoms. The smallest absolute Gasteiger partial charge is 0.0634 e. The first-order chi connectivity index (χ1) is 5.79. The molecule has 0 aromatic rings. The van der Waals surface area contributed by atoms with Gasteiger partial charge in [0.15, 0.2) is 0 Å². The van der Waals surface area contributed by atoms with E-state index in [9.17, 15) is 0 Å². The van der Waals surface area contributed by atoms with Crippen molar-refractivity contribution in [1.29, 1.82) is 0 Å². The lowest BCUT2D eigenvalue weighted by Crippen LogP contribution is -2.50. The van der Waals surface area contributed by atoms with Crippen LogP contribution in [0, 0.1) is 0 Å². The van der Waals surface area contributed by atoms with Crippen LogP contribution in [-0.2, 0) is 4.74 Å². The van der Waals surface area contributed by atoms with Gasteiger partial charge in [0.1, 0.15) is 0 Å². The van der Waals surface area contributed by atoms with Crippen LogP contribution in [0.3, 0.4) is 0 Å². The van der Waals surface area contributed by atoms with Crippen LogP contribution >= 0.6 is 11.6 Å². The molecule has 1 heterocycles. The molecule has 72 valence electrons. The Balaban J connectivity index is 2.46. The molecule has 1 aliphatic heterocycles. The predicted octanol–water partition coefficient (Wildman–Crippen LogP) is 1.72. The van der Waals surface area contributed by atoms with Crippen molar-refractivity contribution in [1.82, 2.24) is 4.90 Å². The maximum atomic E-state index is 5.85. The summed E-state index contributed by atoms with van der Waals surface area (Å²) in [6.45, 7) is 7.16. The zero-order chi connectivity index (χ0) is 8.97. The molecule has 0 amide bonds. The number of morpholine rings is 1. The van der Waals surface area contributed by atoms with E-state index in [1.165, 1.54) is 6.42 Å². The van der Waals surface area contributed by atoms with Crippen LogP contribution < -0.4 is 0 Å². The minimum Gasteiger partial charge on any atom is -0.378 e. The Kier molecular flexibility index (Phi) is 4.33. The Bertz CT molecular complexity index is 132. The number of ether oxygens (including phenoxy) is 1. The van der Waals surface area contributed by atoms with Crippen molar-refractivity contribution in [3.63, 3.8) is 0 Å². The SMILES string of the molecule is CCC(C)N1CCOCC1CCl. The molecule has 0 N–H and O–H groups in total. The molecular weight excluding hydrogens is 174 g/mol. The molecule has 0 spiro atoms. The molecular formula is C9H18ClNO. The molecule has 1 rings (SSSR count). The molecule has 0 aromatic carbocycles. The average molecular weight is 192 g/mol. The minimum absolute atomic E-state index is 0.426. The third-order valence-corrected chi connectivity index (χ3v) is 2.96. The van der Waals surface area contributed by atoms with Gasteiger partial charge >= 0.3 is 0 Å². The summed E-state index contributed by atoms with van der Waals surface area (Å²) in [5.74, 6) is 0.685. The normalized spacial score (nSPS) is 28.8. The quantitative estimate of drug-likeness (QED) is 0.630. The summed E-state index contributed by atoms with van der Waals surface area (Å²) in [5, 5.41) is 0. The largest absolute Gasteiger partial charge is 0.378 e. The van der Waals surface area contributed by atoms with Gasteiger partial charge in [-0.25, -0.2) is 0 Å². The molecule has 2 nitrogen and oxygen atoms in total. The number of nitrogens with zero attached hydrogens (tertiary/aromatic N) is 1. The number of alkyl halides is 1. The standard InChI is InChI=1S/C9H18ClNO/c1-3-8(2)11-4-5-12-7-9(11)6-10/h8-9H,3-7H2,1-2H3. The fourth-order valence-corrected chi connectivity index (χ4v) is 1.88. The van der Waals surface area contributed by atoms with E-state index >= 15 is 0 Å². The van der Waals surface area contributed by atoms with Crippen LogP contribution in [0.15, 0.2) is 0 Å². The molecule has 2 atom stereocenters. The van der Waals surface area contributed by atoms with E-state index < -0.39 is 0 Å². The number of rotatable bonds is 3. The number of halogens is 1. The van der Waals surface area contributed by atoms with E-state index in [0.29, 0.717) is 18.0 Å². The number of hydrogen-bond donors (Lipinski definition) is 0. The van der Waals surface area contributed by atoms with Crippen molar-refractivity contribution in [2.75, 3.05) is 25.6 Å². The van der Waals surface area contributed by atoms with Crippen molar-refractivity contribution in [2.24, 2.45) is 0 Å². The molecule has 0 aliphatic carbocycles. The van der Waals surface area contributed by atoms with Crippen molar-refractivity contribution < 1.29 is 4.74 Å². The van der Waals surface area contributed by atoms with Crippen LogP contribution in [0.1, 0.15) is 20.3 Å². The lowest BCUT2D eigenvalue weighted by molar-refractivity contribution is -0.0177. The third-order valence-electron chi connectivity index (χ3n) is 2.61. The Hall–Kier alpha value is 0.210. The first-order valence-electron chi connectivity index (χ1n) is 4.69. The monoisotopic (exact) mass is 191 g/mol. The third kappa shape index (κ3) is 2.35. The van der Waals surface area contributed by atoms with Crippen LogP contribution in [0.4, 0.5) is 0 Å². The molecule has 1 fully saturated rings. The summed E-state index contributed by atoms with van der Waals surface area (Å²) in [4.78, 5) is 2.45. The Morgan fingerprint density at radius 3 is 3.00 bits per heavy atom. The van der Waals surface area contributed by atoms with E-state index in [2.05, 4.69) is 18.7 Å². The molecule has 2 unspecified atom stereocenters. The lowest BCUT2D eigenvalue weighted by Gasteiger charge is -2.38. The van der Waals surface area contributed by atoms with Gasteiger partial charge in [0.25, 0.3) is 0 Å². The van der Waals surface area contributed by atoms with Gasteiger partial charge in [0.05, 0.1) is 13.2 Å². The summed E-state index contributed by atoms with van der Waals surface area (Å²) in [6.07, 6.45) is 1.19. The van der Waals surface area contributed by atoms with E-state index in [4.69, 9.17) is 16.3 Å². The van der Waals surface area contributed by atoms with Crippen LogP contribution in [-0.4, -0.2) is 42.6 Å². The maximum absolute atomic E-state index is 5.85. The highest BCUT2D eigenvalue weighted by Gasteiger charge is 2.25. The van der Waals surface area contributed by atoms with E-state index in [1.54, 1.807) is 0 Å². The molecule has 1 aliphatic rings. The van der Waals surface area contributed by atoms with Gasteiger partial charge in [-0.05, 0) is 13.3 Å². The highest BCUT2D eigenvalue weighted by molar-refractivity contribution is 6.18. The first-order valence-corrected chi connectivity index (χ1v) is 5.22. The van der Waals surface area contributed by atoms with Crippen molar-refractivity contribution >= 4 is 11.6 Å². The summed E-state index contributed by atoms with van der Waals surface area (Å²) < 4.78 is 5.37. The van der Waals surface area contributed by atoms with Crippen molar-refractivity contribution in [3.8, 4) is 0 Å². The van der Waals surface area contributed by atoms with E-state index in [-0.39, 0.29) is 0 Å². The van der Waals surface area contributed by atoms with Crippen LogP contribution in [0.25, 0.3) is 0 Å². The van der Waals surface area contributed by atoms with Crippen molar-refractivity contribution in [3.05, 3.63) is 0 Å². The summed E-state index contributed by atoms with van der Waals surface area (Å²) in [7, 11) is 0. The second kappa shape index (κ2) is 5.05. The highest BCUT2D eigenvalue weighted by Crippen LogP contribution is 2.14. The van der Waals surface area contributed by atoms with Gasteiger partial charge in [-0.15, -0.1) is 11.6 Å².